The maximum atomic E-state index is 13.2. The number of benzene rings is 2. The molecule has 0 atom stereocenters. The number of rotatable bonds is 4. The highest BCUT2D eigenvalue weighted by Crippen LogP contribution is 2.30. The Balaban J connectivity index is 1.94. The van der Waals surface area contributed by atoms with Gasteiger partial charge in [-0.3, -0.25) is 5.43 Å². The Kier molecular flexibility index (Phi) is 5.73. The summed E-state index contributed by atoms with van der Waals surface area (Å²) in [6.07, 6.45) is -4.59. The zero-order chi connectivity index (χ0) is 19.4. The van der Waals surface area contributed by atoms with Crippen molar-refractivity contribution in [1.82, 2.24) is 9.97 Å². The molecule has 0 aliphatic rings. The maximum Gasteiger partial charge on any atom is 0.433 e. The molecule has 0 saturated carbocycles. The zero-order valence-corrected chi connectivity index (χ0v) is 16.3. The molecule has 3 aromatic rings. The van der Waals surface area contributed by atoms with E-state index >= 15 is 0 Å². The Hall–Kier alpha value is -2.49. The van der Waals surface area contributed by atoms with Gasteiger partial charge in [-0.2, -0.15) is 18.3 Å². The summed E-state index contributed by atoms with van der Waals surface area (Å²) in [5.74, 6) is -0.0453. The maximum absolute atomic E-state index is 13.2. The van der Waals surface area contributed by atoms with E-state index in [9.17, 15) is 13.2 Å². The van der Waals surface area contributed by atoms with E-state index in [0.717, 1.165) is 15.2 Å². The van der Waals surface area contributed by atoms with Gasteiger partial charge in [-0.1, -0.05) is 42.5 Å². The van der Waals surface area contributed by atoms with E-state index in [1.165, 1.54) is 0 Å². The molecule has 4 nitrogen and oxygen atoms in total. The molecule has 0 saturated heterocycles. The number of nitrogens with zero attached hydrogens (tertiary/aromatic N) is 3. The molecule has 0 bridgehead atoms. The molecule has 0 spiro atoms. The second-order valence-corrected chi connectivity index (χ2v) is 6.89. The van der Waals surface area contributed by atoms with Gasteiger partial charge in [-0.05, 0) is 47.2 Å². The van der Waals surface area contributed by atoms with Crippen LogP contribution in [0.3, 0.4) is 0 Å². The fourth-order valence-corrected chi connectivity index (χ4v) is 2.62. The van der Waals surface area contributed by atoms with Crippen LogP contribution in [-0.2, 0) is 6.18 Å². The second-order valence-electron chi connectivity index (χ2n) is 5.64. The third kappa shape index (κ3) is 5.03. The molecule has 138 valence electrons. The fraction of sp³-hybridized carbons (Fsp3) is 0.105. The van der Waals surface area contributed by atoms with Crippen LogP contribution in [-0.4, -0.2) is 15.7 Å². The number of hydrogen-bond acceptors (Lipinski definition) is 4. The predicted octanol–water partition coefficient (Wildman–Crippen LogP) is 5.60. The molecular formula is C19H14F3IN4. The lowest BCUT2D eigenvalue weighted by atomic mass is 10.1. The van der Waals surface area contributed by atoms with E-state index in [1.807, 2.05) is 24.3 Å². The molecular weight excluding hydrogens is 468 g/mol. The average molecular weight is 482 g/mol. The first kappa shape index (κ1) is 19.3. The van der Waals surface area contributed by atoms with Crippen LogP contribution in [0.4, 0.5) is 19.0 Å². The van der Waals surface area contributed by atoms with Gasteiger partial charge in [0.1, 0.15) is 0 Å². The summed E-state index contributed by atoms with van der Waals surface area (Å²) in [6.45, 7) is 1.76. The number of hydrazone groups is 1. The minimum Gasteiger partial charge on any atom is -0.261 e. The molecule has 0 aliphatic heterocycles. The van der Waals surface area contributed by atoms with Gasteiger partial charge in [0.05, 0.1) is 5.71 Å². The van der Waals surface area contributed by atoms with E-state index in [2.05, 4.69) is 43.1 Å². The molecule has 0 radical (unpaired) electrons. The number of nitrogens with one attached hydrogen (secondary N) is 1. The minimum absolute atomic E-state index is 0.0185. The standard InChI is InChI=1S/C19H14F3IN4/c1-12(13-7-9-15(23)10-8-13)26-27-17-11-16(19(20,21)22)24-18(25-17)14-5-3-2-4-6-14/h2-11H,1H3,(H,24,25,27)/b26-12-. The lowest BCUT2D eigenvalue weighted by molar-refractivity contribution is -0.141. The Labute approximate surface area is 167 Å². The molecule has 0 unspecified atom stereocenters. The Morgan fingerprint density at radius 2 is 1.67 bits per heavy atom. The first-order chi connectivity index (χ1) is 12.8. The van der Waals surface area contributed by atoms with Crippen molar-refractivity contribution in [2.75, 3.05) is 5.43 Å². The smallest absolute Gasteiger partial charge is 0.261 e. The first-order valence-electron chi connectivity index (χ1n) is 7.91. The zero-order valence-electron chi connectivity index (χ0n) is 14.1. The van der Waals surface area contributed by atoms with Crippen LogP contribution in [0.5, 0.6) is 0 Å². The monoisotopic (exact) mass is 482 g/mol. The van der Waals surface area contributed by atoms with Crippen LogP contribution in [0.15, 0.2) is 65.8 Å². The van der Waals surface area contributed by atoms with Gasteiger partial charge < -0.3 is 0 Å². The molecule has 0 fully saturated rings. The van der Waals surface area contributed by atoms with Crippen molar-refractivity contribution in [3.05, 3.63) is 75.5 Å². The van der Waals surface area contributed by atoms with Crippen molar-refractivity contribution < 1.29 is 13.2 Å². The highest BCUT2D eigenvalue weighted by molar-refractivity contribution is 14.1. The normalized spacial score (nSPS) is 12.1. The van der Waals surface area contributed by atoms with Crippen molar-refractivity contribution in [1.29, 1.82) is 0 Å². The molecule has 3 rings (SSSR count). The molecule has 1 aromatic heterocycles. The van der Waals surface area contributed by atoms with Crippen LogP contribution in [0.1, 0.15) is 18.2 Å². The van der Waals surface area contributed by atoms with Crippen molar-refractivity contribution in [2.45, 2.75) is 13.1 Å². The minimum atomic E-state index is -4.59. The van der Waals surface area contributed by atoms with Crippen LogP contribution < -0.4 is 5.43 Å². The van der Waals surface area contributed by atoms with E-state index in [0.29, 0.717) is 11.3 Å². The van der Waals surface area contributed by atoms with Gasteiger partial charge in [0.2, 0.25) is 0 Å². The van der Waals surface area contributed by atoms with Crippen molar-refractivity contribution in [3.63, 3.8) is 0 Å². The molecule has 0 aliphatic carbocycles. The number of anilines is 1. The topological polar surface area (TPSA) is 50.2 Å². The SMILES string of the molecule is C/C(=N/Nc1cc(C(F)(F)F)nc(-c2ccccc2)n1)c1ccc(I)cc1. The van der Waals surface area contributed by atoms with Crippen LogP contribution in [0.25, 0.3) is 11.4 Å². The lowest BCUT2D eigenvalue weighted by Gasteiger charge is -2.11. The first-order valence-corrected chi connectivity index (χ1v) is 8.99. The number of hydrogen-bond donors (Lipinski definition) is 1. The highest BCUT2D eigenvalue weighted by atomic mass is 127. The average Bonchev–Trinajstić information content (AvgIpc) is 2.66. The van der Waals surface area contributed by atoms with Crippen LogP contribution in [0.2, 0.25) is 0 Å². The Morgan fingerprint density at radius 1 is 1.00 bits per heavy atom. The van der Waals surface area contributed by atoms with Crippen molar-refractivity contribution in [3.8, 4) is 11.4 Å². The molecule has 1 heterocycles. The van der Waals surface area contributed by atoms with E-state index in [4.69, 9.17) is 0 Å². The second kappa shape index (κ2) is 8.03. The quantitative estimate of drug-likeness (QED) is 0.299. The van der Waals surface area contributed by atoms with Gasteiger partial charge in [0, 0.05) is 15.2 Å². The fourth-order valence-electron chi connectivity index (χ4n) is 2.26. The summed E-state index contributed by atoms with van der Waals surface area (Å²) in [5.41, 5.74) is 3.56. The highest BCUT2D eigenvalue weighted by Gasteiger charge is 2.33. The van der Waals surface area contributed by atoms with Gasteiger partial charge in [0.25, 0.3) is 0 Å². The number of aromatic nitrogens is 2. The van der Waals surface area contributed by atoms with E-state index in [1.54, 1.807) is 37.3 Å². The summed E-state index contributed by atoms with van der Waals surface area (Å²) in [6, 6.07) is 17.0. The Bertz CT molecular complexity index is 955. The third-order valence-corrected chi connectivity index (χ3v) is 4.37. The van der Waals surface area contributed by atoms with Crippen LogP contribution >= 0.6 is 22.6 Å². The number of halogens is 4. The molecule has 2 aromatic carbocycles. The molecule has 8 heteroatoms. The number of alkyl halides is 3. The van der Waals surface area contributed by atoms with Gasteiger partial charge >= 0.3 is 6.18 Å². The van der Waals surface area contributed by atoms with Gasteiger partial charge in [-0.25, -0.2) is 9.97 Å². The van der Waals surface area contributed by atoms with Gasteiger partial charge in [-0.15, -0.1) is 0 Å². The molecule has 27 heavy (non-hydrogen) atoms. The summed E-state index contributed by atoms with van der Waals surface area (Å²) in [5, 5.41) is 4.16. The predicted molar refractivity (Wildman–Crippen MR) is 107 cm³/mol. The Morgan fingerprint density at radius 3 is 2.30 bits per heavy atom. The van der Waals surface area contributed by atoms with E-state index < -0.39 is 11.9 Å². The molecule has 1 N–H and O–H groups in total. The van der Waals surface area contributed by atoms with Gasteiger partial charge in [0.15, 0.2) is 17.3 Å². The third-order valence-electron chi connectivity index (χ3n) is 3.65. The summed E-state index contributed by atoms with van der Waals surface area (Å²) >= 11 is 2.19. The van der Waals surface area contributed by atoms with Crippen molar-refractivity contribution >= 4 is 34.1 Å². The summed E-state index contributed by atoms with van der Waals surface area (Å²) in [7, 11) is 0. The summed E-state index contributed by atoms with van der Waals surface area (Å²) in [4.78, 5) is 7.81. The lowest BCUT2D eigenvalue weighted by Crippen LogP contribution is -2.11. The largest absolute Gasteiger partial charge is 0.433 e. The summed E-state index contributed by atoms with van der Waals surface area (Å²) < 4.78 is 40.7. The van der Waals surface area contributed by atoms with E-state index in [-0.39, 0.29) is 11.6 Å². The van der Waals surface area contributed by atoms with Crippen molar-refractivity contribution in [2.24, 2.45) is 5.10 Å². The molecule has 0 amide bonds. The van der Waals surface area contributed by atoms with Crippen LogP contribution in [0, 0.1) is 3.57 Å².